The van der Waals surface area contributed by atoms with Gasteiger partial charge in [-0.2, -0.15) is 0 Å². The van der Waals surface area contributed by atoms with Gasteiger partial charge in [-0.05, 0) is 46.6 Å². The van der Waals surface area contributed by atoms with Crippen LogP contribution in [-0.2, 0) is 4.74 Å². The third-order valence-corrected chi connectivity index (χ3v) is 4.74. The van der Waals surface area contributed by atoms with E-state index in [1.807, 2.05) is 0 Å². The Bertz CT molecular complexity index is 304. The summed E-state index contributed by atoms with van der Waals surface area (Å²) in [5.74, 6) is 0.796. The second kappa shape index (κ2) is 4.75. The quantitative estimate of drug-likeness (QED) is 0.785. The molecule has 0 amide bonds. The zero-order valence-corrected chi connectivity index (χ0v) is 12.1. The minimum absolute atomic E-state index is 0.0701. The van der Waals surface area contributed by atoms with Gasteiger partial charge >= 0.3 is 0 Å². The van der Waals surface area contributed by atoms with Gasteiger partial charge in [0.05, 0.1) is 11.2 Å². The van der Waals surface area contributed by atoms with Crippen molar-refractivity contribution in [2.75, 3.05) is 26.2 Å². The van der Waals surface area contributed by atoms with Crippen molar-refractivity contribution in [3.05, 3.63) is 0 Å². The molecule has 4 heteroatoms. The SMILES string of the molecule is CC1(C)OC(C)(C)C(CN2CCC(CO)C2)C1N. The lowest BCUT2D eigenvalue weighted by Gasteiger charge is -2.31. The summed E-state index contributed by atoms with van der Waals surface area (Å²) < 4.78 is 6.12. The van der Waals surface area contributed by atoms with Crippen LogP contribution in [0.25, 0.3) is 0 Å². The highest BCUT2D eigenvalue weighted by molar-refractivity contribution is 5.05. The van der Waals surface area contributed by atoms with Gasteiger partial charge in [0.15, 0.2) is 0 Å². The van der Waals surface area contributed by atoms with Crippen molar-refractivity contribution in [1.82, 2.24) is 4.90 Å². The fourth-order valence-electron chi connectivity index (χ4n) is 3.58. The largest absolute Gasteiger partial charge is 0.396 e. The Morgan fingerprint density at radius 3 is 2.39 bits per heavy atom. The van der Waals surface area contributed by atoms with E-state index in [1.165, 1.54) is 0 Å². The van der Waals surface area contributed by atoms with E-state index in [0.29, 0.717) is 18.4 Å². The molecule has 0 saturated carbocycles. The maximum Gasteiger partial charge on any atom is 0.0788 e. The summed E-state index contributed by atoms with van der Waals surface area (Å²) in [6, 6.07) is 0.0701. The number of rotatable bonds is 3. The second-order valence-electron chi connectivity index (χ2n) is 7.04. The Balaban J connectivity index is 2.00. The summed E-state index contributed by atoms with van der Waals surface area (Å²) in [5.41, 5.74) is 5.96. The second-order valence-corrected chi connectivity index (χ2v) is 7.04. The summed E-state index contributed by atoms with van der Waals surface area (Å²) in [5, 5.41) is 9.21. The predicted octanol–water partition coefficient (Wildman–Crippen LogP) is 0.832. The van der Waals surface area contributed by atoms with Crippen LogP contribution in [0, 0.1) is 11.8 Å². The van der Waals surface area contributed by atoms with Crippen LogP contribution in [0.5, 0.6) is 0 Å². The van der Waals surface area contributed by atoms with Crippen molar-refractivity contribution in [2.24, 2.45) is 17.6 Å². The van der Waals surface area contributed by atoms with Crippen LogP contribution < -0.4 is 5.73 Å². The van der Waals surface area contributed by atoms with Crippen LogP contribution in [0.4, 0.5) is 0 Å². The molecule has 0 radical (unpaired) electrons. The number of ether oxygens (including phenoxy) is 1. The van der Waals surface area contributed by atoms with E-state index in [2.05, 4.69) is 32.6 Å². The van der Waals surface area contributed by atoms with Gasteiger partial charge in [0.1, 0.15) is 0 Å². The van der Waals surface area contributed by atoms with E-state index in [9.17, 15) is 5.11 Å². The maximum atomic E-state index is 9.21. The van der Waals surface area contributed by atoms with Crippen molar-refractivity contribution < 1.29 is 9.84 Å². The van der Waals surface area contributed by atoms with Crippen molar-refractivity contribution in [2.45, 2.75) is 51.4 Å². The highest BCUT2D eigenvalue weighted by atomic mass is 16.5. The molecule has 0 bridgehead atoms. The van der Waals surface area contributed by atoms with E-state index < -0.39 is 0 Å². The first-order valence-corrected chi connectivity index (χ1v) is 7.05. The van der Waals surface area contributed by atoms with E-state index >= 15 is 0 Å². The number of aliphatic hydroxyl groups is 1. The summed E-state index contributed by atoms with van der Waals surface area (Å²) in [4.78, 5) is 2.43. The van der Waals surface area contributed by atoms with Crippen LogP contribution in [-0.4, -0.2) is 53.5 Å². The molecule has 0 spiro atoms. The maximum absolute atomic E-state index is 9.21. The van der Waals surface area contributed by atoms with Gasteiger partial charge in [0.2, 0.25) is 0 Å². The standard InChI is InChI=1S/C14H28N2O2/c1-13(2)11(12(15)14(3,4)18-13)8-16-6-5-10(7-16)9-17/h10-12,17H,5-9,15H2,1-4H3. The molecule has 2 fully saturated rings. The van der Waals surface area contributed by atoms with Gasteiger partial charge in [0.25, 0.3) is 0 Å². The average Bonchev–Trinajstić information content (AvgIpc) is 2.75. The Kier molecular flexibility index (Phi) is 3.76. The Hall–Kier alpha value is -0.160. The molecule has 0 aromatic rings. The van der Waals surface area contributed by atoms with Crippen molar-refractivity contribution in [3.63, 3.8) is 0 Å². The summed E-state index contributed by atoms with van der Waals surface area (Å²) >= 11 is 0. The fourth-order valence-corrected chi connectivity index (χ4v) is 3.58. The Morgan fingerprint density at radius 1 is 1.28 bits per heavy atom. The molecule has 106 valence electrons. The smallest absolute Gasteiger partial charge is 0.0788 e. The molecule has 3 unspecified atom stereocenters. The Labute approximate surface area is 110 Å². The van der Waals surface area contributed by atoms with Crippen LogP contribution >= 0.6 is 0 Å². The highest BCUT2D eigenvalue weighted by Gasteiger charge is 2.52. The molecule has 4 nitrogen and oxygen atoms in total. The summed E-state index contributed by atoms with van der Waals surface area (Å²) in [6.45, 7) is 11.8. The molecule has 0 aromatic carbocycles. The van der Waals surface area contributed by atoms with E-state index in [-0.39, 0.29) is 17.2 Å². The summed E-state index contributed by atoms with van der Waals surface area (Å²) in [7, 11) is 0. The van der Waals surface area contributed by atoms with E-state index in [1.54, 1.807) is 0 Å². The summed E-state index contributed by atoms with van der Waals surface area (Å²) in [6.07, 6.45) is 1.10. The van der Waals surface area contributed by atoms with Crippen molar-refractivity contribution in [3.8, 4) is 0 Å². The lowest BCUT2D eigenvalue weighted by molar-refractivity contribution is -0.0781. The highest BCUT2D eigenvalue weighted by Crippen LogP contribution is 2.41. The molecule has 0 aromatic heterocycles. The molecule has 2 heterocycles. The van der Waals surface area contributed by atoms with Gasteiger partial charge in [-0.1, -0.05) is 0 Å². The zero-order valence-electron chi connectivity index (χ0n) is 12.1. The number of likely N-dealkylation sites (tertiary alicyclic amines) is 1. The first kappa shape index (κ1) is 14.3. The minimum atomic E-state index is -0.246. The third-order valence-electron chi connectivity index (χ3n) is 4.74. The molecule has 0 aliphatic carbocycles. The van der Waals surface area contributed by atoms with E-state index in [4.69, 9.17) is 10.5 Å². The van der Waals surface area contributed by atoms with Crippen LogP contribution in [0.1, 0.15) is 34.1 Å². The lowest BCUT2D eigenvalue weighted by atomic mass is 9.83. The van der Waals surface area contributed by atoms with E-state index in [0.717, 1.165) is 26.1 Å². The van der Waals surface area contributed by atoms with Gasteiger partial charge in [-0.25, -0.2) is 0 Å². The molecule has 2 rings (SSSR count). The van der Waals surface area contributed by atoms with Crippen molar-refractivity contribution >= 4 is 0 Å². The van der Waals surface area contributed by atoms with Crippen LogP contribution in [0.15, 0.2) is 0 Å². The molecule has 3 atom stereocenters. The number of hydrogen-bond donors (Lipinski definition) is 2. The molecule has 2 aliphatic heterocycles. The molecular formula is C14H28N2O2. The number of nitrogens with zero attached hydrogens (tertiary/aromatic N) is 1. The first-order chi connectivity index (χ1) is 8.26. The number of aliphatic hydroxyl groups excluding tert-OH is 1. The monoisotopic (exact) mass is 256 g/mol. The number of hydrogen-bond acceptors (Lipinski definition) is 4. The van der Waals surface area contributed by atoms with Crippen molar-refractivity contribution in [1.29, 1.82) is 0 Å². The molecular weight excluding hydrogens is 228 g/mol. The van der Waals surface area contributed by atoms with Gasteiger partial charge in [-0.3, -0.25) is 0 Å². The first-order valence-electron chi connectivity index (χ1n) is 7.05. The predicted molar refractivity (Wildman–Crippen MR) is 72.3 cm³/mol. The number of nitrogens with two attached hydrogens (primary N) is 1. The fraction of sp³-hybridized carbons (Fsp3) is 1.00. The van der Waals surface area contributed by atoms with Crippen LogP contribution in [0.3, 0.4) is 0 Å². The molecule has 2 saturated heterocycles. The molecule has 18 heavy (non-hydrogen) atoms. The normalized spacial score (nSPS) is 39.3. The molecule has 2 aliphatic rings. The average molecular weight is 256 g/mol. The third kappa shape index (κ3) is 2.57. The molecule has 3 N–H and O–H groups in total. The topological polar surface area (TPSA) is 58.7 Å². The zero-order chi connectivity index (χ0) is 13.6. The lowest BCUT2D eigenvalue weighted by Crippen LogP contribution is -2.47. The Morgan fingerprint density at radius 2 is 1.94 bits per heavy atom. The van der Waals surface area contributed by atoms with Gasteiger partial charge in [0, 0.05) is 31.7 Å². The minimum Gasteiger partial charge on any atom is -0.396 e. The van der Waals surface area contributed by atoms with Gasteiger partial charge < -0.3 is 20.5 Å². The van der Waals surface area contributed by atoms with Crippen LogP contribution in [0.2, 0.25) is 0 Å². The van der Waals surface area contributed by atoms with Gasteiger partial charge in [-0.15, -0.1) is 0 Å².